The molecule has 0 radical (unpaired) electrons. The zero-order chi connectivity index (χ0) is 7.11. The number of rotatable bonds is 4. The minimum Gasteiger partial charge on any atom is -0.502 e. The van der Waals surface area contributed by atoms with E-state index >= 15 is 0 Å². The molecule has 3 nitrogen and oxygen atoms in total. The van der Waals surface area contributed by atoms with E-state index in [4.69, 9.17) is 13.3 Å². The third-order valence-corrected chi connectivity index (χ3v) is 1.78. The molecule has 4 heteroatoms. The molecule has 0 N–H and O–H groups in total. The van der Waals surface area contributed by atoms with Crippen molar-refractivity contribution in [2.45, 2.75) is 0 Å². The fraction of sp³-hybridized carbons (Fsp3) is 0.400. The summed E-state index contributed by atoms with van der Waals surface area (Å²) >= 11 is 0. The molecule has 0 heterocycles. The summed E-state index contributed by atoms with van der Waals surface area (Å²) in [5, 5.41) is 0. The molecular formula is C5H10O3Si. The third-order valence-electron chi connectivity index (χ3n) is 0.647. The van der Waals surface area contributed by atoms with Crippen LogP contribution in [0.2, 0.25) is 0 Å². The van der Waals surface area contributed by atoms with E-state index in [0.717, 1.165) is 0 Å². The lowest BCUT2D eigenvalue weighted by Crippen LogP contribution is -2.20. The van der Waals surface area contributed by atoms with Crippen molar-refractivity contribution < 1.29 is 13.3 Å². The van der Waals surface area contributed by atoms with Gasteiger partial charge in [0.05, 0.1) is 0 Å². The van der Waals surface area contributed by atoms with Gasteiger partial charge >= 0.3 is 9.53 Å². The first-order chi connectivity index (χ1) is 4.35. The van der Waals surface area contributed by atoms with Crippen molar-refractivity contribution in [2.24, 2.45) is 0 Å². The summed E-state index contributed by atoms with van der Waals surface area (Å²) in [5.74, 6) is 0. The van der Waals surface area contributed by atoms with E-state index in [0.29, 0.717) is 0 Å². The van der Waals surface area contributed by atoms with Crippen LogP contribution in [0.4, 0.5) is 0 Å². The first-order valence-electron chi connectivity index (χ1n) is 2.40. The average Bonchev–Trinajstić information content (AvgIpc) is 1.91. The predicted molar refractivity (Wildman–Crippen MR) is 36.0 cm³/mol. The molecule has 0 aliphatic heterocycles. The Morgan fingerprint density at radius 1 is 1.44 bits per heavy atom. The molecule has 0 atom stereocenters. The molecule has 0 aromatic carbocycles. The Hall–Kier alpha value is -0.543. The summed E-state index contributed by atoms with van der Waals surface area (Å²) in [6, 6.07) is 0. The molecule has 0 amide bonds. The van der Waals surface area contributed by atoms with Crippen LogP contribution >= 0.6 is 0 Å². The second kappa shape index (κ2) is 5.59. The fourth-order valence-corrected chi connectivity index (χ4v) is 0.933. The van der Waals surface area contributed by atoms with Gasteiger partial charge in [-0.1, -0.05) is 12.3 Å². The second-order valence-electron chi connectivity index (χ2n) is 1.22. The van der Waals surface area contributed by atoms with Crippen molar-refractivity contribution >= 4 is 9.53 Å². The Morgan fingerprint density at radius 2 is 2.00 bits per heavy atom. The van der Waals surface area contributed by atoms with Crippen LogP contribution in [0, 0.1) is 0 Å². The van der Waals surface area contributed by atoms with E-state index in [1.807, 2.05) is 0 Å². The maximum Gasteiger partial charge on any atom is 0.549 e. The number of hydrogen-bond acceptors (Lipinski definition) is 3. The van der Waals surface area contributed by atoms with E-state index in [9.17, 15) is 0 Å². The molecule has 0 aromatic heterocycles. The standard InChI is InChI=1S/C5H10O3Si/c1-4-5-8-9(6-2)7-3/h5,9H,1H2,2-3H3. The summed E-state index contributed by atoms with van der Waals surface area (Å²) in [6.45, 7) is 3.31. The molecule has 0 aliphatic carbocycles. The van der Waals surface area contributed by atoms with Gasteiger partial charge in [0.25, 0.3) is 0 Å². The summed E-state index contributed by atoms with van der Waals surface area (Å²) in [5.41, 5.74) is 2.44. The quantitative estimate of drug-likeness (QED) is 0.324. The highest BCUT2D eigenvalue weighted by Crippen LogP contribution is 1.86. The molecule has 52 valence electrons. The molecule has 0 fully saturated rings. The maximum absolute atomic E-state index is 4.89. The van der Waals surface area contributed by atoms with Crippen molar-refractivity contribution in [3.63, 3.8) is 0 Å². The van der Waals surface area contributed by atoms with Crippen molar-refractivity contribution in [3.05, 3.63) is 18.6 Å². The van der Waals surface area contributed by atoms with Crippen molar-refractivity contribution in [1.29, 1.82) is 0 Å². The van der Waals surface area contributed by atoms with E-state index in [1.54, 1.807) is 0 Å². The lowest BCUT2D eigenvalue weighted by molar-refractivity contribution is 0.181. The monoisotopic (exact) mass is 146 g/mol. The molecule has 0 saturated carbocycles. The van der Waals surface area contributed by atoms with Gasteiger partial charge in [-0.15, -0.1) is 0 Å². The Bertz CT molecular complexity index is 105. The first kappa shape index (κ1) is 8.46. The molecule has 9 heavy (non-hydrogen) atoms. The topological polar surface area (TPSA) is 27.7 Å². The molecule has 0 aliphatic rings. The Labute approximate surface area is 56.5 Å². The van der Waals surface area contributed by atoms with Crippen molar-refractivity contribution in [3.8, 4) is 0 Å². The summed E-state index contributed by atoms with van der Waals surface area (Å²) in [7, 11) is 1.21. The van der Waals surface area contributed by atoms with Gasteiger partial charge in [-0.3, -0.25) is 0 Å². The van der Waals surface area contributed by atoms with Gasteiger partial charge < -0.3 is 13.3 Å². The smallest absolute Gasteiger partial charge is 0.502 e. The van der Waals surface area contributed by atoms with Gasteiger partial charge in [-0.05, 0) is 0 Å². The largest absolute Gasteiger partial charge is 0.549 e. The zero-order valence-corrected chi connectivity index (χ0v) is 6.74. The molecule has 0 rings (SSSR count). The van der Waals surface area contributed by atoms with Crippen LogP contribution in [0.5, 0.6) is 0 Å². The van der Waals surface area contributed by atoms with Crippen molar-refractivity contribution in [1.82, 2.24) is 0 Å². The molecule has 0 spiro atoms. The predicted octanol–water partition coefficient (Wildman–Crippen LogP) is 0.312. The van der Waals surface area contributed by atoms with Crippen LogP contribution in [0.3, 0.4) is 0 Å². The summed E-state index contributed by atoms with van der Waals surface area (Å²) in [6.07, 6.45) is 1.34. The maximum atomic E-state index is 4.89. The van der Waals surface area contributed by atoms with Gasteiger partial charge in [0.2, 0.25) is 0 Å². The Balaban J connectivity index is 3.42. The van der Waals surface area contributed by atoms with Gasteiger partial charge in [-0.2, -0.15) is 0 Å². The molecular weight excluding hydrogens is 136 g/mol. The summed E-state index contributed by atoms with van der Waals surface area (Å²) < 4.78 is 14.5. The van der Waals surface area contributed by atoms with E-state index in [1.165, 1.54) is 20.5 Å². The van der Waals surface area contributed by atoms with Crippen LogP contribution in [-0.4, -0.2) is 23.7 Å². The highest BCUT2D eigenvalue weighted by molar-refractivity contribution is 6.36. The molecule has 0 bridgehead atoms. The van der Waals surface area contributed by atoms with Crippen LogP contribution in [0.1, 0.15) is 0 Å². The highest BCUT2D eigenvalue weighted by Gasteiger charge is 2.08. The molecule has 0 aromatic rings. The Kier molecular flexibility index (Phi) is 5.25. The van der Waals surface area contributed by atoms with E-state index in [-0.39, 0.29) is 0 Å². The number of hydrogen-bond donors (Lipinski definition) is 0. The molecule has 0 unspecified atom stereocenters. The lowest BCUT2D eigenvalue weighted by atomic mass is 11.0. The van der Waals surface area contributed by atoms with Crippen LogP contribution in [0.15, 0.2) is 18.6 Å². The SMILES string of the molecule is C=C=CO[SiH](OC)OC. The van der Waals surface area contributed by atoms with Gasteiger partial charge in [0, 0.05) is 14.2 Å². The van der Waals surface area contributed by atoms with E-state index in [2.05, 4.69) is 12.3 Å². The molecule has 0 saturated heterocycles. The normalized spacial score (nSPS) is 8.78. The Morgan fingerprint density at radius 3 is 2.33 bits per heavy atom. The zero-order valence-electron chi connectivity index (χ0n) is 5.59. The van der Waals surface area contributed by atoms with Gasteiger partial charge in [0.1, 0.15) is 6.26 Å². The minimum atomic E-state index is -1.87. The van der Waals surface area contributed by atoms with Crippen LogP contribution < -0.4 is 0 Å². The summed E-state index contributed by atoms with van der Waals surface area (Å²) in [4.78, 5) is 0. The second-order valence-corrected chi connectivity index (χ2v) is 3.01. The third kappa shape index (κ3) is 3.99. The van der Waals surface area contributed by atoms with Crippen LogP contribution in [0.25, 0.3) is 0 Å². The minimum absolute atomic E-state index is 1.34. The van der Waals surface area contributed by atoms with E-state index < -0.39 is 9.53 Å². The lowest BCUT2D eigenvalue weighted by Gasteiger charge is -2.06. The van der Waals surface area contributed by atoms with Gasteiger partial charge in [0.15, 0.2) is 0 Å². The van der Waals surface area contributed by atoms with Gasteiger partial charge in [-0.25, -0.2) is 0 Å². The van der Waals surface area contributed by atoms with Crippen LogP contribution in [-0.2, 0) is 13.3 Å². The average molecular weight is 146 g/mol. The fourth-order valence-electron chi connectivity index (χ4n) is 0.311. The highest BCUT2D eigenvalue weighted by atomic mass is 28.3. The van der Waals surface area contributed by atoms with Crippen molar-refractivity contribution in [2.75, 3.05) is 14.2 Å². The first-order valence-corrected chi connectivity index (χ1v) is 3.82.